The van der Waals surface area contributed by atoms with Crippen LogP contribution in [0.3, 0.4) is 0 Å². The molecule has 0 saturated heterocycles. The van der Waals surface area contributed by atoms with Gasteiger partial charge in [-0.3, -0.25) is 9.59 Å². The van der Waals surface area contributed by atoms with Crippen molar-refractivity contribution in [1.29, 1.82) is 0 Å². The molecule has 0 bridgehead atoms. The fourth-order valence-corrected chi connectivity index (χ4v) is 2.66. The van der Waals surface area contributed by atoms with Crippen molar-refractivity contribution in [2.45, 2.75) is 20.3 Å². The van der Waals surface area contributed by atoms with E-state index < -0.39 is 0 Å². The summed E-state index contributed by atoms with van der Waals surface area (Å²) >= 11 is 5.88. The molecule has 0 atom stereocenters. The molecule has 0 aliphatic carbocycles. The molecular formula is C20H23ClN2O2. The smallest absolute Gasteiger partial charge is 0.251 e. The van der Waals surface area contributed by atoms with E-state index in [-0.39, 0.29) is 11.8 Å². The molecule has 25 heavy (non-hydrogen) atoms. The molecular weight excluding hydrogens is 336 g/mol. The Labute approximate surface area is 153 Å². The van der Waals surface area contributed by atoms with Crippen molar-refractivity contribution in [2.24, 2.45) is 0 Å². The predicted octanol–water partition coefficient (Wildman–Crippen LogP) is 3.47. The van der Waals surface area contributed by atoms with E-state index in [9.17, 15) is 9.59 Å². The van der Waals surface area contributed by atoms with E-state index in [2.05, 4.69) is 5.32 Å². The third-order valence-corrected chi connectivity index (χ3v) is 4.23. The summed E-state index contributed by atoms with van der Waals surface area (Å²) in [5, 5.41) is 3.57. The SMILES string of the molecule is CC(=O)N(CCNC(=O)c1cccc(C)c1)CCc1ccc(Cl)cc1. The molecule has 1 N–H and O–H groups in total. The maximum Gasteiger partial charge on any atom is 0.251 e. The average molecular weight is 359 g/mol. The number of benzene rings is 2. The molecule has 2 aromatic rings. The number of amides is 2. The summed E-state index contributed by atoms with van der Waals surface area (Å²) in [6.45, 7) is 5.01. The largest absolute Gasteiger partial charge is 0.350 e. The van der Waals surface area contributed by atoms with Crippen LogP contribution in [0.15, 0.2) is 48.5 Å². The zero-order valence-electron chi connectivity index (χ0n) is 14.6. The highest BCUT2D eigenvalue weighted by atomic mass is 35.5. The molecule has 0 spiro atoms. The van der Waals surface area contributed by atoms with Gasteiger partial charge in [0.2, 0.25) is 5.91 Å². The van der Waals surface area contributed by atoms with Crippen LogP contribution < -0.4 is 5.32 Å². The predicted molar refractivity (Wildman–Crippen MR) is 101 cm³/mol. The highest BCUT2D eigenvalue weighted by Crippen LogP contribution is 2.10. The first-order chi connectivity index (χ1) is 12.0. The van der Waals surface area contributed by atoms with E-state index >= 15 is 0 Å². The van der Waals surface area contributed by atoms with Gasteiger partial charge in [-0.15, -0.1) is 0 Å². The van der Waals surface area contributed by atoms with Crippen molar-refractivity contribution in [3.8, 4) is 0 Å². The Kier molecular flexibility index (Phi) is 7.02. The molecule has 0 aromatic heterocycles. The lowest BCUT2D eigenvalue weighted by Crippen LogP contribution is -2.38. The molecule has 0 heterocycles. The first-order valence-electron chi connectivity index (χ1n) is 8.30. The fourth-order valence-electron chi connectivity index (χ4n) is 2.53. The molecule has 2 amide bonds. The summed E-state index contributed by atoms with van der Waals surface area (Å²) in [5.41, 5.74) is 2.80. The Hall–Kier alpha value is -2.33. The van der Waals surface area contributed by atoms with Crippen LogP contribution >= 0.6 is 11.6 Å². The van der Waals surface area contributed by atoms with Crippen LogP contribution in [0, 0.1) is 6.92 Å². The summed E-state index contributed by atoms with van der Waals surface area (Å²) in [7, 11) is 0. The quantitative estimate of drug-likeness (QED) is 0.823. The van der Waals surface area contributed by atoms with E-state index in [1.807, 2.05) is 49.4 Å². The van der Waals surface area contributed by atoms with Crippen molar-refractivity contribution < 1.29 is 9.59 Å². The van der Waals surface area contributed by atoms with Gasteiger partial charge in [0.15, 0.2) is 0 Å². The second-order valence-electron chi connectivity index (χ2n) is 6.01. The Morgan fingerprint density at radius 1 is 1.08 bits per heavy atom. The number of aryl methyl sites for hydroxylation is 1. The van der Waals surface area contributed by atoms with Gasteiger partial charge in [-0.1, -0.05) is 41.4 Å². The molecule has 2 aromatic carbocycles. The number of carbonyl (C=O) groups excluding carboxylic acids is 2. The Balaban J connectivity index is 1.82. The average Bonchev–Trinajstić information content (AvgIpc) is 2.59. The van der Waals surface area contributed by atoms with Gasteiger partial charge >= 0.3 is 0 Å². The lowest BCUT2D eigenvalue weighted by Gasteiger charge is -2.21. The van der Waals surface area contributed by atoms with Crippen LogP contribution in [0.25, 0.3) is 0 Å². The number of halogens is 1. The van der Waals surface area contributed by atoms with Gasteiger partial charge in [0.1, 0.15) is 0 Å². The molecule has 0 aliphatic heterocycles. The highest BCUT2D eigenvalue weighted by Gasteiger charge is 2.10. The Morgan fingerprint density at radius 3 is 2.44 bits per heavy atom. The van der Waals surface area contributed by atoms with Crippen molar-refractivity contribution in [1.82, 2.24) is 10.2 Å². The van der Waals surface area contributed by atoms with Crippen LogP contribution in [0.1, 0.15) is 28.4 Å². The van der Waals surface area contributed by atoms with E-state index in [1.165, 1.54) is 0 Å². The van der Waals surface area contributed by atoms with Gasteiger partial charge in [-0.2, -0.15) is 0 Å². The fraction of sp³-hybridized carbons (Fsp3) is 0.300. The van der Waals surface area contributed by atoms with Gasteiger partial charge in [0.05, 0.1) is 0 Å². The molecule has 0 fully saturated rings. The Morgan fingerprint density at radius 2 is 1.80 bits per heavy atom. The third kappa shape index (κ3) is 6.24. The number of nitrogens with zero attached hydrogens (tertiary/aromatic N) is 1. The summed E-state index contributed by atoms with van der Waals surface area (Å²) < 4.78 is 0. The van der Waals surface area contributed by atoms with Gasteiger partial charge in [0.25, 0.3) is 5.91 Å². The van der Waals surface area contributed by atoms with Gasteiger partial charge in [-0.05, 0) is 43.2 Å². The van der Waals surface area contributed by atoms with E-state index in [1.54, 1.807) is 17.9 Å². The maximum absolute atomic E-state index is 12.1. The van der Waals surface area contributed by atoms with Crippen LogP contribution in [-0.4, -0.2) is 36.3 Å². The van der Waals surface area contributed by atoms with Crippen molar-refractivity contribution in [3.63, 3.8) is 0 Å². The number of carbonyl (C=O) groups is 2. The zero-order valence-corrected chi connectivity index (χ0v) is 15.3. The molecule has 4 nitrogen and oxygen atoms in total. The summed E-state index contributed by atoms with van der Waals surface area (Å²) in [5.74, 6) is -0.122. The first-order valence-corrected chi connectivity index (χ1v) is 8.68. The van der Waals surface area contributed by atoms with E-state index in [0.717, 1.165) is 17.5 Å². The summed E-state index contributed by atoms with van der Waals surface area (Å²) in [6, 6.07) is 15.0. The van der Waals surface area contributed by atoms with Crippen LogP contribution in [0.2, 0.25) is 5.02 Å². The minimum atomic E-state index is -0.120. The van der Waals surface area contributed by atoms with Crippen molar-refractivity contribution in [3.05, 3.63) is 70.2 Å². The van der Waals surface area contributed by atoms with Crippen molar-refractivity contribution in [2.75, 3.05) is 19.6 Å². The monoisotopic (exact) mass is 358 g/mol. The minimum absolute atomic E-state index is 0.00114. The van der Waals surface area contributed by atoms with Gasteiger partial charge < -0.3 is 10.2 Å². The molecule has 2 rings (SSSR count). The normalized spacial score (nSPS) is 10.4. The van der Waals surface area contributed by atoms with E-state index in [0.29, 0.717) is 30.2 Å². The number of nitrogens with one attached hydrogen (secondary N) is 1. The molecule has 0 unspecified atom stereocenters. The lowest BCUT2D eigenvalue weighted by molar-refractivity contribution is -0.128. The van der Waals surface area contributed by atoms with E-state index in [4.69, 9.17) is 11.6 Å². The van der Waals surface area contributed by atoms with Crippen LogP contribution in [0.5, 0.6) is 0 Å². The molecule has 5 heteroatoms. The molecule has 132 valence electrons. The van der Waals surface area contributed by atoms with Crippen LogP contribution in [-0.2, 0) is 11.2 Å². The first kappa shape index (κ1) is 19.0. The summed E-state index contributed by atoms with van der Waals surface area (Å²) in [6.07, 6.45) is 0.753. The molecule has 0 aliphatic rings. The second-order valence-corrected chi connectivity index (χ2v) is 6.44. The Bertz CT molecular complexity index is 729. The highest BCUT2D eigenvalue weighted by molar-refractivity contribution is 6.30. The topological polar surface area (TPSA) is 49.4 Å². The maximum atomic E-state index is 12.1. The number of hydrogen-bond donors (Lipinski definition) is 1. The number of hydrogen-bond acceptors (Lipinski definition) is 2. The standard InChI is InChI=1S/C20H23ClN2O2/c1-15-4-3-5-18(14-15)20(25)22-11-13-23(16(2)24)12-10-17-6-8-19(21)9-7-17/h3-9,14H,10-13H2,1-2H3,(H,22,25). The van der Waals surface area contributed by atoms with Gasteiger partial charge in [0, 0.05) is 37.1 Å². The molecule has 0 radical (unpaired) electrons. The lowest BCUT2D eigenvalue weighted by atomic mass is 10.1. The van der Waals surface area contributed by atoms with Gasteiger partial charge in [-0.25, -0.2) is 0 Å². The zero-order chi connectivity index (χ0) is 18.2. The molecule has 0 saturated carbocycles. The van der Waals surface area contributed by atoms with Crippen LogP contribution in [0.4, 0.5) is 0 Å². The minimum Gasteiger partial charge on any atom is -0.350 e. The third-order valence-electron chi connectivity index (χ3n) is 3.98. The van der Waals surface area contributed by atoms with Crippen molar-refractivity contribution >= 4 is 23.4 Å². The summed E-state index contributed by atoms with van der Waals surface area (Å²) in [4.78, 5) is 25.7. The second kappa shape index (κ2) is 9.23. The number of rotatable bonds is 7.